The third kappa shape index (κ3) is 5.28. The van der Waals surface area contributed by atoms with Gasteiger partial charge in [-0.05, 0) is 37.6 Å². The van der Waals surface area contributed by atoms with Crippen molar-refractivity contribution in [3.8, 4) is 0 Å². The van der Waals surface area contributed by atoms with Crippen molar-refractivity contribution in [3.63, 3.8) is 0 Å². The summed E-state index contributed by atoms with van der Waals surface area (Å²) in [5.41, 5.74) is 5.74. The molecule has 0 aromatic heterocycles. The van der Waals surface area contributed by atoms with Crippen LogP contribution in [0.1, 0.15) is 39.5 Å². The van der Waals surface area contributed by atoms with Crippen molar-refractivity contribution in [1.29, 1.82) is 0 Å². The number of hydrogen-bond acceptors (Lipinski definition) is 3. The van der Waals surface area contributed by atoms with Crippen molar-refractivity contribution in [2.24, 2.45) is 17.6 Å². The summed E-state index contributed by atoms with van der Waals surface area (Å²) < 4.78 is 5.58. The van der Waals surface area contributed by atoms with E-state index in [1.54, 1.807) is 0 Å². The number of rotatable bonds is 8. The molecule has 0 saturated heterocycles. The van der Waals surface area contributed by atoms with Crippen molar-refractivity contribution in [2.75, 3.05) is 26.3 Å². The van der Waals surface area contributed by atoms with Gasteiger partial charge >= 0.3 is 0 Å². The van der Waals surface area contributed by atoms with Gasteiger partial charge in [0.25, 0.3) is 0 Å². The van der Waals surface area contributed by atoms with E-state index in [4.69, 9.17) is 10.5 Å². The molecule has 3 N–H and O–H groups in total. The Morgan fingerprint density at radius 2 is 2.12 bits per heavy atom. The Bertz CT molecular complexity index is 173. The molecule has 16 heavy (non-hydrogen) atoms. The quantitative estimate of drug-likeness (QED) is 0.622. The predicted octanol–water partition coefficient (Wildman–Crippen LogP) is 1.77. The number of nitrogens with two attached hydrogens (primary N) is 1. The van der Waals surface area contributed by atoms with E-state index in [2.05, 4.69) is 19.2 Å². The molecule has 0 bridgehead atoms. The van der Waals surface area contributed by atoms with Gasteiger partial charge in [0, 0.05) is 19.2 Å². The molecule has 0 radical (unpaired) electrons. The molecule has 0 aromatic carbocycles. The first-order chi connectivity index (χ1) is 7.74. The molecule has 0 heterocycles. The maximum atomic E-state index is 5.74. The highest BCUT2D eigenvalue weighted by Crippen LogP contribution is 2.24. The van der Waals surface area contributed by atoms with E-state index in [1.807, 2.05) is 0 Å². The molecule has 1 saturated carbocycles. The molecule has 0 aliphatic heterocycles. The molecule has 0 amide bonds. The number of ether oxygens (including phenoxy) is 1. The SMILES string of the molecule is CC(C)CCOCCNC1CCCC1CN. The number of nitrogens with one attached hydrogen (secondary N) is 1. The second-order valence-corrected chi connectivity index (χ2v) is 5.28. The standard InChI is InChI=1S/C13H28N2O/c1-11(2)6-8-16-9-7-15-13-5-3-4-12(13)10-14/h11-13,15H,3-10,14H2,1-2H3. The van der Waals surface area contributed by atoms with Crippen LogP contribution in [0.25, 0.3) is 0 Å². The molecule has 1 aliphatic rings. The van der Waals surface area contributed by atoms with Crippen LogP contribution in [0.15, 0.2) is 0 Å². The van der Waals surface area contributed by atoms with Crippen LogP contribution in [0.4, 0.5) is 0 Å². The first-order valence-electron chi connectivity index (χ1n) is 6.75. The van der Waals surface area contributed by atoms with Gasteiger partial charge in [0.1, 0.15) is 0 Å². The highest BCUT2D eigenvalue weighted by Gasteiger charge is 2.24. The molecule has 2 atom stereocenters. The third-order valence-corrected chi connectivity index (χ3v) is 3.45. The lowest BCUT2D eigenvalue weighted by Crippen LogP contribution is -2.37. The average molecular weight is 228 g/mol. The lowest BCUT2D eigenvalue weighted by molar-refractivity contribution is 0.122. The molecular weight excluding hydrogens is 200 g/mol. The molecule has 1 rings (SSSR count). The van der Waals surface area contributed by atoms with Crippen LogP contribution >= 0.6 is 0 Å². The molecule has 1 fully saturated rings. The maximum Gasteiger partial charge on any atom is 0.0591 e. The van der Waals surface area contributed by atoms with Gasteiger partial charge in [-0.2, -0.15) is 0 Å². The lowest BCUT2D eigenvalue weighted by atomic mass is 10.0. The van der Waals surface area contributed by atoms with Crippen molar-refractivity contribution in [3.05, 3.63) is 0 Å². The summed E-state index contributed by atoms with van der Waals surface area (Å²) in [5, 5.41) is 3.57. The largest absolute Gasteiger partial charge is 0.380 e. The van der Waals surface area contributed by atoms with Crippen molar-refractivity contribution >= 4 is 0 Å². The third-order valence-electron chi connectivity index (χ3n) is 3.45. The van der Waals surface area contributed by atoms with Gasteiger partial charge in [0.15, 0.2) is 0 Å². The van der Waals surface area contributed by atoms with Gasteiger partial charge in [-0.15, -0.1) is 0 Å². The van der Waals surface area contributed by atoms with E-state index in [9.17, 15) is 0 Å². The predicted molar refractivity (Wildman–Crippen MR) is 68.5 cm³/mol. The van der Waals surface area contributed by atoms with Crippen LogP contribution in [0.5, 0.6) is 0 Å². The second-order valence-electron chi connectivity index (χ2n) is 5.28. The van der Waals surface area contributed by atoms with Crippen LogP contribution in [0, 0.1) is 11.8 Å². The molecule has 2 unspecified atom stereocenters. The maximum absolute atomic E-state index is 5.74. The number of hydrogen-bond donors (Lipinski definition) is 2. The first-order valence-corrected chi connectivity index (χ1v) is 6.75. The summed E-state index contributed by atoms with van der Waals surface area (Å²) in [6.07, 6.45) is 5.07. The van der Waals surface area contributed by atoms with Gasteiger partial charge in [0.05, 0.1) is 6.61 Å². The smallest absolute Gasteiger partial charge is 0.0591 e. The Morgan fingerprint density at radius 3 is 2.81 bits per heavy atom. The highest BCUT2D eigenvalue weighted by atomic mass is 16.5. The van der Waals surface area contributed by atoms with E-state index in [0.29, 0.717) is 12.0 Å². The molecule has 3 heteroatoms. The molecular formula is C13H28N2O. The van der Waals surface area contributed by atoms with Gasteiger partial charge in [-0.25, -0.2) is 0 Å². The van der Waals surface area contributed by atoms with Gasteiger partial charge in [0.2, 0.25) is 0 Å². The average Bonchev–Trinajstić information content (AvgIpc) is 2.70. The minimum absolute atomic E-state index is 0.638. The fraction of sp³-hybridized carbons (Fsp3) is 1.00. The van der Waals surface area contributed by atoms with E-state index in [-0.39, 0.29) is 0 Å². The Morgan fingerprint density at radius 1 is 1.31 bits per heavy atom. The Labute approximate surface area is 100 Å². The Kier molecular flexibility index (Phi) is 7.01. The summed E-state index contributed by atoms with van der Waals surface area (Å²) in [7, 11) is 0. The fourth-order valence-electron chi connectivity index (χ4n) is 2.33. The zero-order chi connectivity index (χ0) is 11.8. The second kappa shape index (κ2) is 8.04. The zero-order valence-electron chi connectivity index (χ0n) is 10.9. The summed E-state index contributed by atoms with van der Waals surface area (Å²) in [6, 6.07) is 0.638. The first kappa shape index (κ1) is 13.9. The summed E-state index contributed by atoms with van der Waals surface area (Å²) in [5.74, 6) is 1.43. The van der Waals surface area contributed by atoms with E-state index < -0.39 is 0 Å². The van der Waals surface area contributed by atoms with Crippen molar-refractivity contribution < 1.29 is 4.74 Å². The monoisotopic (exact) mass is 228 g/mol. The molecule has 96 valence electrons. The Balaban J connectivity index is 1.94. The van der Waals surface area contributed by atoms with Gasteiger partial charge < -0.3 is 15.8 Å². The molecule has 0 aromatic rings. The summed E-state index contributed by atoms with van der Waals surface area (Å²) in [6.45, 7) is 7.98. The highest BCUT2D eigenvalue weighted by molar-refractivity contribution is 4.83. The van der Waals surface area contributed by atoms with Gasteiger partial charge in [-0.3, -0.25) is 0 Å². The normalized spacial score (nSPS) is 25.5. The van der Waals surface area contributed by atoms with E-state index >= 15 is 0 Å². The molecule has 0 spiro atoms. The van der Waals surface area contributed by atoms with Crippen molar-refractivity contribution in [1.82, 2.24) is 5.32 Å². The topological polar surface area (TPSA) is 47.3 Å². The lowest BCUT2D eigenvalue weighted by Gasteiger charge is -2.19. The van der Waals surface area contributed by atoms with Gasteiger partial charge in [-0.1, -0.05) is 20.3 Å². The van der Waals surface area contributed by atoms with Crippen LogP contribution in [0.2, 0.25) is 0 Å². The minimum Gasteiger partial charge on any atom is -0.380 e. The fourth-order valence-corrected chi connectivity index (χ4v) is 2.33. The van der Waals surface area contributed by atoms with Crippen LogP contribution in [-0.4, -0.2) is 32.3 Å². The summed E-state index contributed by atoms with van der Waals surface area (Å²) >= 11 is 0. The van der Waals surface area contributed by atoms with E-state index in [1.165, 1.54) is 19.3 Å². The molecule has 1 aliphatic carbocycles. The van der Waals surface area contributed by atoms with Crippen LogP contribution in [0.3, 0.4) is 0 Å². The zero-order valence-corrected chi connectivity index (χ0v) is 10.9. The minimum atomic E-state index is 0.638. The summed E-state index contributed by atoms with van der Waals surface area (Å²) in [4.78, 5) is 0. The van der Waals surface area contributed by atoms with Crippen molar-refractivity contribution in [2.45, 2.75) is 45.6 Å². The van der Waals surface area contributed by atoms with Crippen LogP contribution < -0.4 is 11.1 Å². The van der Waals surface area contributed by atoms with Crippen LogP contribution in [-0.2, 0) is 4.74 Å². The molecule has 3 nitrogen and oxygen atoms in total. The van der Waals surface area contributed by atoms with E-state index in [0.717, 1.165) is 38.6 Å². The Hall–Kier alpha value is -0.120.